The van der Waals surface area contributed by atoms with Gasteiger partial charge in [0.25, 0.3) is 0 Å². The van der Waals surface area contributed by atoms with E-state index in [9.17, 15) is 0 Å². The lowest BCUT2D eigenvalue weighted by Gasteiger charge is -2.23. The predicted molar refractivity (Wildman–Crippen MR) is 150 cm³/mol. The van der Waals surface area contributed by atoms with Crippen molar-refractivity contribution in [3.8, 4) is 5.75 Å². The molecule has 0 radical (unpaired) electrons. The summed E-state index contributed by atoms with van der Waals surface area (Å²) < 4.78 is 12.2. The average Bonchev–Trinajstić information content (AvgIpc) is 3.24. The van der Waals surface area contributed by atoms with Crippen molar-refractivity contribution >= 4 is 0 Å². The lowest BCUT2D eigenvalue weighted by molar-refractivity contribution is 0.174. The van der Waals surface area contributed by atoms with Gasteiger partial charge in [-0.3, -0.25) is 0 Å². The lowest BCUT2D eigenvalue weighted by Crippen LogP contribution is -2.30. The second-order valence-corrected chi connectivity index (χ2v) is 10.6. The van der Waals surface area contributed by atoms with Crippen molar-refractivity contribution in [2.75, 3.05) is 33.0 Å². The number of ether oxygens (including phenoxy) is 2. The molecule has 194 valence electrons. The molecule has 0 saturated carbocycles. The smallest absolute Gasteiger partial charge is 0.126 e. The SMILES string of the molecule is CC(C)/C=C/C=C\C(=C\OCCN1C=CN(CCOc2c(C(C)C)cccc2C(C)C)C1)C(C)C. The van der Waals surface area contributed by atoms with Gasteiger partial charge in [-0.05, 0) is 40.4 Å². The Morgan fingerprint density at radius 1 is 0.857 bits per heavy atom. The molecule has 0 aliphatic carbocycles. The maximum atomic E-state index is 6.35. The minimum absolute atomic E-state index is 0.429. The van der Waals surface area contributed by atoms with Crippen molar-refractivity contribution in [1.82, 2.24) is 9.80 Å². The van der Waals surface area contributed by atoms with Crippen LogP contribution in [0, 0.1) is 11.8 Å². The first kappa shape index (κ1) is 28.6. The van der Waals surface area contributed by atoms with Gasteiger partial charge < -0.3 is 19.3 Å². The quantitative estimate of drug-likeness (QED) is 0.155. The van der Waals surface area contributed by atoms with Crippen molar-refractivity contribution in [3.05, 3.63) is 77.9 Å². The molecule has 0 amide bonds. The molecule has 0 N–H and O–H groups in total. The number of hydrogen-bond donors (Lipinski definition) is 0. The molecule has 1 aromatic rings. The molecule has 4 nitrogen and oxygen atoms in total. The van der Waals surface area contributed by atoms with Crippen molar-refractivity contribution < 1.29 is 9.47 Å². The summed E-state index contributed by atoms with van der Waals surface area (Å²) in [6, 6.07) is 6.54. The predicted octanol–water partition coefficient (Wildman–Crippen LogP) is 7.68. The molecule has 1 aliphatic rings. The summed E-state index contributed by atoms with van der Waals surface area (Å²) in [7, 11) is 0. The van der Waals surface area contributed by atoms with Gasteiger partial charge in [-0.15, -0.1) is 0 Å². The van der Waals surface area contributed by atoms with Gasteiger partial charge >= 0.3 is 0 Å². The van der Waals surface area contributed by atoms with Gasteiger partial charge in [-0.25, -0.2) is 0 Å². The Balaban J connectivity index is 1.78. The number of para-hydroxylation sites is 1. The maximum absolute atomic E-state index is 6.35. The van der Waals surface area contributed by atoms with Crippen LogP contribution in [0.1, 0.15) is 78.4 Å². The van der Waals surface area contributed by atoms with Crippen LogP contribution >= 0.6 is 0 Å². The van der Waals surface area contributed by atoms with Crippen LogP contribution in [0.25, 0.3) is 0 Å². The van der Waals surface area contributed by atoms with E-state index >= 15 is 0 Å². The molecule has 0 atom stereocenters. The zero-order valence-corrected chi connectivity index (χ0v) is 23.3. The monoisotopic (exact) mass is 480 g/mol. The number of hydrogen-bond acceptors (Lipinski definition) is 4. The average molecular weight is 481 g/mol. The number of benzene rings is 1. The number of nitrogens with zero attached hydrogens (tertiary/aromatic N) is 2. The molecule has 0 saturated heterocycles. The van der Waals surface area contributed by atoms with E-state index in [2.05, 4.69) is 120 Å². The Kier molecular flexibility index (Phi) is 12.0. The zero-order valence-electron chi connectivity index (χ0n) is 23.3. The van der Waals surface area contributed by atoms with Gasteiger partial charge in [0.2, 0.25) is 0 Å². The van der Waals surface area contributed by atoms with E-state index in [1.165, 1.54) is 16.7 Å². The van der Waals surface area contributed by atoms with Crippen molar-refractivity contribution in [3.63, 3.8) is 0 Å². The Morgan fingerprint density at radius 2 is 1.46 bits per heavy atom. The molecule has 4 heteroatoms. The van der Waals surface area contributed by atoms with Gasteiger partial charge in [0.1, 0.15) is 19.0 Å². The molecule has 0 aromatic heterocycles. The second kappa shape index (κ2) is 14.7. The first-order chi connectivity index (χ1) is 16.7. The van der Waals surface area contributed by atoms with Crippen molar-refractivity contribution in [1.29, 1.82) is 0 Å². The second-order valence-electron chi connectivity index (χ2n) is 10.6. The summed E-state index contributed by atoms with van der Waals surface area (Å²) in [5.74, 6) is 2.96. The fraction of sp³-hybridized carbons (Fsp3) is 0.548. The van der Waals surface area contributed by atoms with Crippen LogP contribution in [0.5, 0.6) is 5.75 Å². The zero-order chi connectivity index (χ0) is 25.8. The molecular formula is C31H48N2O2. The van der Waals surface area contributed by atoms with E-state index in [1.54, 1.807) is 0 Å². The first-order valence-electron chi connectivity index (χ1n) is 13.3. The normalized spacial score (nSPS) is 14.8. The van der Waals surface area contributed by atoms with E-state index in [0.29, 0.717) is 36.9 Å². The van der Waals surface area contributed by atoms with Crippen LogP contribution in [0.2, 0.25) is 0 Å². The summed E-state index contributed by atoms with van der Waals surface area (Å²) >= 11 is 0. The molecule has 2 rings (SSSR count). The van der Waals surface area contributed by atoms with Gasteiger partial charge in [-0.1, -0.05) is 97.9 Å². The lowest BCUT2D eigenvalue weighted by atomic mass is 9.94. The van der Waals surface area contributed by atoms with E-state index < -0.39 is 0 Å². The number of allylic oxidation sites excluding steroid dienone is 5. The topological polar surface area (TPSA) is 24.9 Å². The summed E-state index contributed by atoms with van der Waals surface area (Å²) in [4.78, 5) is 4.58. The fourth-order valence-corrected chi connectivity index (χ4v) is 3.87. The molecule has 0 fully saturated rings. The summed E-state index contributed by atoms with van der Waals surface area (Å²) in [5, 5.41) is 0. The van der Waals surface area contributed by atoms with Gasteiger partial charge in [0.05, 0.1) is 26.0 Å². The molecule has 1 aliphatic heterocycles. The van der Waals surface area contributed by atoms with E-state index in [-0.39, 0.29) is 0 Å². The third-order valence-electron chi connectivity index (χ3n) is 6.07. The van der Waals surface area contributed by atoms with E-state index in [4.69, 9.17) is 9.47 Å². The summed E-state index contributed by atoms with van der Waals surface area (Å²) in [6.45, 7) is 21.6. The molecule has 35 heavy (non-hydrogen) atoms. The van der Waals surface area contributed by atoms with Crippen molar-refractivity contribution in [2.24, 2.45) is 11.8 Å². The number of rotatable bonds is 14. The molecule has 1 aromatic carbocycles. The first-order valence-corrected chi connectivity index (χ1v) is 13.3. The highest BCUT2D eigenvalue weighted by atomic mass is 16.5. The summed E-state index contributed by atoms with van der Waals surface area (Å²) in [6.07, 6.45) is 14.8. The minimum atomic E-state index is 0.429. The van der Waals surface area contributed by atoms with Crippen molar-refractivity contribution in [2.45, 2.75) is 67.2 Å². The largest absolute Gasteiger partial charge is 0.499 e. The fourth-order valence-electron chi connectivity index (χ4n) is 3.87. The molecule has 0 unspecified atom stereocenters. The standard InChI is InChI=1S/C31H48N2O2/c1-24(2)12-9-10-13-28(25(3)4)22-34-20-18-32-16-17-33(23-32)19-21-35-31-29(26(5)6)14-11-15-30(31)27(7)8/h9-17,22,24-27H,18-21,23H2,1-8H3/b12-9+,13-10-,28-22-. The van der Waals surface area contributed by atoms with Gasteiger partial charge in [0, 0.05) is 12.4 Å². The summed E-state index contributed by atoms with van der Waals surface area (Å²) in [5.41, 5.74) is 3.80. The maximum Gasteiger partial charge on any atom is 0.126 e. The van der Waals surface area contributed by atoms with Crippen LogP contribution in [0.3, 0.4) is 0 Å². The van der Waals surface area contributed by atoms with Crippen LogP contribution in [0.15, 0.2) is 66.7 Å². The van der Waals surface area contributed by atoms with E-state index in [0.717, 1.165) is 25.5 Å². The van der Waals surface area contributed by atoms with Crippen LogP contribution in [-0.2, 0) is 4.74 Å². The molecule has 0 spiro atoms. The van der Waals surface area contributed by atoms with Crippen LogP contribution < -0.4 is 4.74 Å². The van der Waals surface area contributed by atoms with Crippen LogP contribution in [0.4, 0.5) is 0 Å². The highest BCUT2D eigenvalue weighted by Gasteiger charge is 2.16. The Labute approximate surface area is 215 Å². The van der Waals surface area contributed by atoms with Gasteiger partial charge in [0.15, 0.2) is 0 Å². The minimum Gasteiger partial charge on any atom is -0.499 e. The van der Waals surface area contributed by atoms with E-state index in [1.807, 2.05) is 6.26 Å². The Morgan fingerprint density at radius 3 is 2.00 bits per heavy atom. The highest BCUT2D eigenvalue weighted by molar-refractivity contribution is 5.44. The Hall–Kier alpha value is -2.62. The molecular weight excluding hydrogens is 432 g/mol. The third kappa shape index (κ3) is 9.87. The Bertz CT molecular complexity index is 852. The highest BCUT2D eigenvalue weighted by Crippen LogP contribution is 2.34. The third-order valence-corrected chi connectivity index (χ3v) is 6.07. The molecule has 0 bridgehead atoms. The van der Waals surface area contributed by atoms with Gasteiger partial charge in [-0.2, -0.15) is 0 Å². The van der Waals surface area contributed by atoms with Crippen LogP contribution in [-0.4, -0.2) is 42.8 Å². The molecule has 1 heterocycles.